The van der Waals surface area contributed by atoms with Crippen molar-refractivity contribution in [2.75, 3.05) is 38.3 Å². The van der Waals surface area contributed by atoms with Gasteiger partial charge in [-0.1, -0.05) is 0 Å². The molecule has 0 N–H and O–H groups in total. The van der Waals surface area contributed by atoms with Crippen LogP contribution in [-0.2, 0) is 21.3 Å². The van der Waals surface area contributed by atoms with Crippen LogP contribution in [0.3, 0.4) is 0 Å². The Bertz CT molecular complexity index is 780. The van der Waals surface area contributed by atoms with E-state index in [4.69, 9.17) is 9.15 Å². The highest BCUT2D eigenvalue weighted by Gasteiger charge is 2.26. The number of hydrogen-bond acceptors (Lipinski definition) is 6. The molecule has 0 bridgehead atoms. The summed E-state index contributed by atoms with van der Waals surface area (Å²) in [6.07, 6.45) is 1.41. The van der Waals surface area contributed by atoms with Gasteiger partial charge in [0.25, 0.3) is 0 Å². The van der Waals surface area contributed by atoms with Crippen LogP contribution in [0.15, 0.2) is 39.8 Å². The highest BCUT2D eigenvalue weighted by atomic mass is 32.2. The molecule has 0 amide bonds. The van der Waals surface area contributed by atoms with E-state index < -0.39 is 10.0 Å². The predicted molar refractivity (Wildman–Crippen MR) is 89.4 cm³/mol. The van der Waals surface area contributed by atoms with Crippen LogP contribution in [-0.4, -0.2) is 51.1 Å². The lowest BCUT2D eigenvalue weighted by Crippen LogP contribution is -2.40. The molecule has 0 atom stereocenters. The van der Waals surface area contributed by atoms with Gasteiger partial charge in [-0.2, -0.15) is 4.31 Å². The van der Waals surface area contributed by atoms with Gasteiger partial charge >= 0.3 is 0 Å². The first kappa shape index (κ1) is 16.9. The standard InChI is InChI=1S/C16H21N3O4S/c1-13-3-4-14(23-13)12-18(2)16-6-5-15(11-17-16)24(20,21)19-7-9-22-10-8-19/h3-6,11H,7-10,12H2,1-2H3. The minimum atomic E-state index is -3.51. The summed E-state index contributed by atoms with van der Waals surface area (Å²) >= 11 is 0. The largest absolute Gasteiger partial charge is 0.464 e. The Hall–Kier alpha value is -1.90. The van der Waals surface area contributed by atoms with E-state index in [0.29, 0.717) is 38.7 Å². The second-order valence-electron chi connectivity index (χ2n) is 5.74. The third-order valence-corrected chi connectivity index (χ3v) is 5.79. The van der Waals surface area contributed by atoms with Gasteiger partial charge in [0.15, 0.2) is 0 Å². The Labute approximate surface area is 141 Å². The van der Waals surface area contributed by atoms with Crippen LogP contribution in [0.2, 0.25) is 0 Å². The van der Waals surface area contributed by atoms with Crippen LogP contribution < -0.4 is 4.90 Å². The molecule has 0 unspecified atom stereocenters. The van der Waals surface area contributed by atoms with Crippen molar-refractivity contribution in [1.82, 2.24) is 9.29 Å². The number of ether oxygens (including phenoxy) is 1. The second kappa shape index (κ2) is 6.92. The molecule has 1 aliphatic rings. The first-order valence-electron chi connectivity index (χ1n) is 7.77. The minimum absolute atomic E-state index is 0.204. The van der Waals surface area contributed by atoms with Gasteiger partial charge in [0.05, 0.1) is 19.8 Å². The van der Waals surface area contributed by atoms with E-state index in [1.54, 1.807) is 12.1 Å². The van der Waals surface area contributed by atoms with Crippen LogP contribution in [0.1, 0.15) is 11.5 Å². The minimum Gasteiger partial charge on any atom is -0.464 e. The third kappa shape index (κ3) is 3.61. The molecule has 1 saturated heterocycles. The van der Waals surface area contributed by atoms with E-state index in [9.17, 15) is 8.42 Å². The van der Waals surface area contributed by atoms with Crippen LogP contribution in [0.5, 0.6) is 0 Å². The van der Waals surface area contributed by atoms with E-state index in [2.05, 4.69) is 4.98 Å². The molecule has 3 heterocycles. The molecule has 24 heavy (non-hydrogen) atoms. The van der Waals surface area contributed by atoms with Gasteiger partial charge in [-0.25, -0.2) is 13.4 Å². The van der Waals surface area contributed by atoms with E-state index in [1.807, 2.05) is 31.0 Å². The fourth-order valence-corrected chi connectivity index (χ4v) is 3.93. The number of anilines is 1. The van der Waals surface area contributed by atoms with Gasteiger partial charge in [0.1, 0.15) is 22.2 Å². The number of furan rings is 1. The number of aromatic nitrogens is 1. The molecule has 2 aromatic heterocycles. The lowest BCUT2D eigenvalue weighted by Gasteiger charge is -2.26. The molecule has 1 aliphatic heterocycles. The molecule has 3 rings (SSSR count). The fourth-order valence-electron chi connectivity index (χ4n) is 2.57. The number of nitrogens with zero attached hydrogens (tertiary/aromatic N) is 3. The quantitative estimate of drug-likeness (QED) is 0.815. The molecule has 0 aromatic carbocycles. The van der Waals surface area contributed by atoms with Crippen molar-refractivity contribution in [3.05, 3.63) is 42.0 Å². The van der Waals surface area contributed by atoms with Gasteiger partial charge in [0, 0.05) is 26.3 Å². The summed E-state index contributed by atoms with van der Waals surface area (Å²) < 4.78 is 37.3. The van der Waals surface area contributed by atoms with Gasteiger partial charge < -0.3 is 14.1 Å². The molecule has 2 aromatic rings. The number of rotatable bonds is 5. The van der Waals surface area contributed by atoms with Gasteiger partial charge in [0.2, 0.25) is 10.0 Å². The second-order valence-corrected chi connectivity index (χ2v) is 7.67. The highest BCUT2D eigenvalue weighted by Crippen LogP contribution is 2.20. The summed E-state index contributed by atoms with van der Waals surface area (Å²) in [4.78, 5) is 6.40. The summed E-state index contributed by atoms with van der Waals surface area (Å²) in [5.74, 6) is 2.38. The molecule has 1 fully saturated rings. The molecule has 0 spiro atoms. The number of pyridine rings is 1. The predicted octanol–water partition coefficient (Wildman–Crippen LogP) is 1.64. The normalized spacial score (nSPS) is 16.2. The summed E-state index contributed by atoms with van der Waals surface area (Å²) in [6, 6.07) is 7.14. The number of morpholine rings is 1. The van der Waals surface area contributed by atoms with E-state index in [0.717, 1.165) is 11.5 Å². The Kier molecular flexibility index (Phi) is 4.88. The molecule has 0 saturated carbocycles. The van der Waals surface area contributed by atoms with Crippen molar-refractivity contribution in [2.45, 2.75) is 18.4 Å². The molecule has 0 radical (unpaired) electrons. The van der Waals surface area contributed by atoms with Crippen molar-refractivity contribution in [3.8, 4) is 0 Å². The number of hydrogen-bond donors (Lipinski definition) is 0. The van der Waals surface area contributed by atoms with Gasteiger partial charge in [-0.15, -0.1) is 0 Å². The molecule has 0 aliphatic carbocycles. The zero-order valence-electron chi connectivity index (χ0n) is 13.8. The average molecular weight is 351 g/mol. The van der Waals surface area contributed by atoms with Crippen LogP contribution in [0.4, 0.5) is 5.82 Å². The molecular formula is C16H21N3O4S. The number of aryl methyl sites for hydroxylation is 1. The molecule has 130 valence electrons. The summed E-state index contributed by atoms with van der Waals surface area (Å²) in [6.45, 7) is 4.07. The summed E-state index contributed by atoms with van der Waals surface area (Å²) in [7, 11) is -1.62. The maximum absolute atomic E-state index is 12.6. The Morgan fingerprint density at radius 3 is 2.54 bits per heavy atom. The summed E-state index contributed by atoms with van der Waals surface area (Å²) in [5, 5.41) is 0. The molecule has 8 heteroatoms. The number of sulfonamides is 1. The SMILES string of the molecule is Cc1ccc(CN(C)c2ccc(S(=O)(=O)N3CCOCC3)cn2)o1. The Morgan fingerprint density at radius 2 is 1.96 bits per heavy atom. The van der Waals surface area contributed by atoms with Crippen molar-refractivity contribution >= 4 is 15.8 Å². The first-order valence-corrected chi connectivity index (χ1v) is 9.21. The molecule has 7 nitrogen and oxygen atoms in total. The average Bonchev–Trinajstić information content (AvgIpc) is 3.00. The monoisotopic (exact) mass is 351 g/mol. The van der Waals surface area contributed by atoms with Gasteiger partial charge in [-0.05, 0) is 31.2 Å². The van der Waals surface area contributed by atoms with Crippen LogP contribution >= 0.6 is 0 Å². The maximum atomic E-state index is 12.6. The smallest absolute Gasteiger partial charge is 0.244 e. The fraction of sp³-hybridized carbons (Fsp3) is 0.438. The van der Waals surface area contributed by atoms with Crippen molar-refractivity contribution in [2.24, 2.45) is 0 Å². The lowest BCUT2D eigenvalue weighted by molar-refractivity contribution is 0.0730. The van der Waals surface area contributed by atoms with Gasteiger partial charge in [-0.3, -0.25) is 0 Å². The van der Waals surface area contributed by atoms with Crippen LogP contribution in [0, 0.1) is 6.92 Å². The topological polar surface area (TPSA) is 75.9 Å². The lowest BCUT2D eigenvalue weighted by atomic mass is 10.4. The van der Waals surface area contributed by atoms with E-state index in [1.165, 1.54) is 10.5 Å². The highest BCUT2D eigenvalue weighted by molar-refractivity contribution is 7.89. The Morgan fingerprint density at radius 1 is 1.21 bits per heavy atom. The first-order chi connectivity index (χ1) is 11.5. The zero-order chi connectivity index (χ0) is 17.2. The Balaban J connectivity index is 1.72. The zero-order valence-corrected chi connectivity index (χ0v) is 14.6. The van der Waals surface area contributed by atoms with Crippen molar-refractivity contribution < 1.29 is 17.6 Å². The molecular weight excluding hydrogens is 330 g/mol. The van der Waals surface area contributed by atoms with Crippen molar-refractivity contribution in [1.29, 1.82) is 0 Å². The van der Waals surface area contributed by atoms with E-state index in [-0.39, 0.29) is 4.90 Å². The summed E-state index contributed by atoms with van der Waals surface area (Å²) in [5.41, 5.74) is 0. The maximum Gasteiger partial charge on any atom is 0.244 e. The third-order valence-electron chi connectivity index (χ3n) is 3.91. The van der Waals surface area contributed by atoms with Crippen molar-refractivity contribution in [3.63, 3.8) is 0 Å². The van der Waals surface area contributed by atoms with E-state index >= 15 is 0 Å². The van der Waals surface area contributed by atoms with Crippen LogP contribution in [0.25, 0.3) is 0 Å².